The summed E-state index contributed by atoms with van der Waals surface area (Å²) < 4.78 is 6.93. The highest BCUT2D eigenvalue weighted by Gasteiger charge is 2.02. The van der Waals surface area contributed by atoms with E-state index in [1.54, 1.807) is 7.11 Å². The Morgan fingerprint density at radius 3 is 3.00 bits per heavy atom. The molecule has 0 aliphatic rings. The standard InChI is InChI=1S/C12H25N5O/c1-4-5-13-10-12-11-17(15-14-12)7-6-16(2)8-9-18-3/h11,13H,4-10H2,1-3H3. The minimum Gasteiger partial charge on any atom is -0.383 e. The second-order valence-corrected chi connectivity index (χ2v) is 4.45. The summed E-state index contributed by atoms with van der Waals surface area (Å²) in [6.07, 6.45) is 3.14. The number of methoxy groups -OCH3 is 1. The van der Waals surface area contributed by atoms with Gasteiger partial charge in [0, 0.05) is 32.9 Å². The van der Waals surface area contributed by atoms with Crippen LogP contribution < -0.4 is 5.32 Å². The van der Waals surface area contributed by atoms with Gasteiger partial charge in [0.05, 0.1) is 18.8 Å². The highest BCUT2D eigenvalue weighted by molar-refractivity contribution is 4.91. The lowest BCUT2D eigenvalue weighted by atomic mass is 10.4. The van der Waals surface area contributed by atoms with Crippen molar-refractivity contribution in [2.24, 2.45) is 0 Å². The van der Waals surface area contributed by atoms with Gasteiger partial charge in [-0.25, -0.2) is 0 Å². The van der Waals surface area contributed by atoms with Crippen LogP contribution in [0.25, 0.3) is 0 Å². The van der Waals surface area contributed by atoms with Gasteiger partial charge < -0.3 is 15.0 Å². The van der Waals surface area contributed by atoms with Crippen molar-refractivity contribution in [3.05, 3.63) is 11.9 Å². The van der Waals surface area contributed by atoms with E-state index >= 15 is 0 Å². The van der Waals surface area contributed by atoms with Crippen molar-refractivity contribution >= 4 is 0 Å². The highest BCUT2D eigenvalue weighted by Crippen LogP contribution is 1.94. The molecule has 0 saturated carbocycles. The molecular weight excluding hydrogens is 230 g/mol. The van der Waals surface area contributed by atoms with E-state index in [1.807, 2.05) is 10.9 Å². The van der Waals surface area contributed by atoms with E-state index in [1.165, 1.54) is 0 Å². The van der Waals surface area contributed by atoms with Crippen LogP contribution in [0.15, 0.2) is 6.20 Å². The number of nitrogens with one attached hydrogen (secondary N) is 1. The summed E-state index contributed by atoms with van der Waals surface area (Å²) in [6, 6.07) is 0. The first-order chi connectivity index (χ1) is 8.76. The second kappa shape index (κ2) is 9.02. The van der Waals surface area contributed by atoms with Crippen molar-refractivity contribution in [2.45, 2.75) is 26.4 Å². The molecule has 18 heavy (non-hydrogen) atoms. The summed E-state index contributed by atoms with van der Waals surface area (Å²) in [5.41, 5.74) is 1.00. The molecular formula is C12H25N5O. The van der Waals surface area contributed by atoms with E-state index in [-0.39, 0.29) is 0 Å². The zero-order valence-corrected chi connectivity index (χ0v) is 11.7. The molecule has 0 radical (unpaired) electrons. The van der Waals surface area contributed by atoms with Gasteiger partial charge in [-0.1, -0.05) is 12.1 Å². The second-order valence-electron chi connectivity index (χ2n) is 4.45. The fourth-order valence-electron chi connectivity index (χ4n) is 1.55. The topological polar surface area (TPSA) is 55.2 Å². The lowest BCUT2D eigenvalue weighted by Crippen LogP contribution is -2.26. The zero-order chi connectivity index (χ0) is 13.2. The van der Waals surface area contributed by atoms with E-state index in [2.05, 4.69) is 34.5 Å². The van der Waals surface area contributed by atoms with Crippen molar-refractivity contribution in [1.29, 1.82) is 0 Å². The number of ether oxygens (including phenoxy) is 1. The van der Waals surface area contributed by atoms with E-state index in [0.29, 0.717) is 0 Å². The maximum Gasteiger partial charge on any atom is 0.0964 e. The Morgan fingerprint density at radius 2 is 2.28 bits per heavy atom. The molecule has 104 valence electrons. The predicted octanol–water partition coefficient (Wildman–Crippen LogP) is 0.356. The normalized spacial score (nSPS) is 11.3. The lowest BCUT2D eigenvalue weighted by molar-refractivity contribution is 0.158. The van der Waals surface area contributed by atoms with Crippen LogP contribution in [0.1, 0.15) is 19.0 Å². The van der Waals surface area contributed by atoms with Gasteiger partial charge in [-0.05, 0) is 20.0 Å². The van der Waals surface area contributed by atoms with Crippen LogP contribution >= 0.6 is 0 Å². The molecule has 6 nitrogen and oxygen atoms in total. The third-order valence-corrected chi connectivity index (χ3v) is 2.71. The minimum atomic E-state index is 0.764. The Labute approximate surface area is 109 Å². The molecule has 0 amide bonds. The first-order valence-electron chi connectivity index (χ1n) is 6.53. The number of rotatable bonds is 10. The Bertz CT molecular complexity index is 315. The molecule has 0 aliphatic carbocycles. The lowest BCUT2D eigenvalue weighted by Gasteiger charge is -2.15. The molecule has 0 unspecified atom stereocenters. The van der Waals surface area contributed by atoms with Crippen molar-refractivity contribution in [3.63, 3.8) is 0 Å². The van der Waals surface area contributed by atoms with Crippen LogP contribution in [-0.2, 0) is 17.8 Å². The average Bonchev–Trinajstić information content (AvgIpc) is 2.82. The van der Waals surface area contributed by atoms with Crippen molar-refractivity contribution in [3.8, 4) is 0 Å². The van der Waals surface area contributed by atoms with Gasteiger partial charge in [0.1, 0.15) is 0 Å². The zero-order valence-electron chi connectivity index (χ0n) is 11.7. The molecule has 0 aromatic carbocycles. The summed E-state index contributed by atoms with van der Waals surface area (Å²) in [4.78, 5) is 2.22. The molecule has 1 N–H and O–H groups in total. The monoisotopic (exact) mass is 255 g/mol. The molecule has 6 heteroatoms. The third-order valence-electron chi connectivity index (χ3n) is 2.71. The summed E-state index contributed by atoms with van der Waals surface area (Å²) in [7, 11) is 3.81. The fraction of sp³-hybridized carbons (Fsp3) is 0.833. The molecule has 0 fully saturated rings. The molecule has 0 aliphatic heterocycles. The first-order valence-corrected chi connectivity index (χ1v) is 6.53. The first kappa shape index (κ1) is 15.1. The number of likely N-dealkylation sites (N-methyl/N-ethyl adjacent to an activating group) is 1. The van der Waals surface area contributed by atoms with Crippen LogP contribution in [0, 0.1) is 0 Å². The maximum absolute atomic E-state index is 5.04. The van der Waals surface area contributed by atoms with Gasteiger partial charge in [0.2, 0.25) is 0 Å². The molecule has 1 rings (SSSR count). The van der Waals surface area contributed by atoms with E-state index < -0.39 is 0 Å². The van der Waals surface area contributed by atoms with Gasteiger partial charge >= 0.3 is 0 Å². The van der Waals surface area contributed by atoms with Crippen LogP contribution in [0.5, 0.6) is 0 Å². The number of hydrogen-bond donors (Lipinski definition) is 1. The quantitative estimate of drug-likeness (QED) is 0.612. The Kier molecular flexibility index (Phi) is 7.55. The maximum atomic E-state index is 5.04. The summed E-state index contributed by atoms with van der Waals surface area (Å²) >= 11 is 0. The molecule has 0 saturated heterocycles. The Morgan fingerprint density at radius 1 is 1.44 bits per heavy atom. The van der Waals surface area contributed by atoms with Gasteiger partial charge in [0.25, 0.3) is 0 Å². The van der Waals surface area contributed by atoms with Crippen LogP contribution in [0.2, 0.25) is 0 Å². The molecule has 0 spiro atoms. The van der Waals surface area contributed by atoms with E-state index in [9.17, 15) is 0 Å². The molecule has 0 atom stereocenters. The summed E-state index contributed by atoms with van der Waals surface area (Å²) in [6.45, 7) is 7.49. The molecule has 1 aromatic heterocycles. The highest BCUT2D eigenvalue weighted by atomic mass is 16.5. The van der Waals surface area contributed by atoms with Crippen LogP contribution in [0.3, 0.4) is 0 Å². The van der Waals surface area contributed by atoms with Gasteiger partial charge in [-0.15, -0.1) is 5.10 Å². The smallest absolute Gasteiger partial charge is 0.0964 e. The van der Waals surface area contributed by atoms with E-state index in [0.717, 1.165) is 51.4 Å². The molecule has 1 heterocycles. The largest absolute Gasteiger partial charge is 0.383 e. The van der Waals surface area contributed by atoms with Gasteiger partial charge in [0.15, 0.2) is 0 Å². The Balaban J connectivity index is 2.22. The van der Waals surface area contributed by atoms with Crippen LogP contribution in [-0.4, -0.2) is 60.3 Å². The van der Waals surface area contributed by atoms with Crippen molar-refractivity contribution in [2.75, 3.05) is 40.4 Å². The molecule has 0 bridgehead atoms. The predicted molar refractivity (Wildman–Crippen MR) is 71.4 cm³/mol. The molecule has 1 aromatic rings. The average molecular weight is 255 g/mol. The van der Waals surface area contributed by atoms with Gasteiger partial charge in [-0.2, -0.15) is 0 Å². The van der Waals surface area contributed by atoms with Crippen molar-refractivity contribution < 1.29 is 4.74 Å². The Hall–Kier alpha value is -0.980. The van der Waals surface area contributed by atoms with Gasteiger partial charge in [-0.3, -0.25) is 4.68 Å². The van der Waals surface area contributed by atoms with Crippen LogP contribution in [0.4, 0.5) is 0 Å². The fourth-order valence-corrected chi connectivity index (χ4v) is 1.55. The number of aromatic nitrogens is 3. The SMILES string of the molecule is CCCNCc1cn(CCN(C)CCOC)nn1. The van der Waals surface area contributed by atoms with Crippen molar-refractivity contribution in [1.82, 2.24) is 25.2 Å². The number of hydrogen-bond acceptors (Lipinski definition) is 5. The number of nitrogens with zero attached hydrogens (tertiary/aromatic N) is 4. The van der Waals surface area contributed by atoms with E-state index in [4.69, 9.17) is 4.74 Å². The summed E-state index contributed by atoms with van der Waals surface area (Å²) in [5, 5.41) is 11.6. The minimum absolute atomic E-state index is 0.764. The summed E-state index contributed by atoms with van der Waals surface area (Å²) in [5.74, 6) is 0. The third kappa shape index (κ3) is 6.09.